The highest BCUT2D eigenvalue weighted by Gasteiger charge is 2.26. The molecule has 21 heavy (non-hydrogen) atoms. The zero-order valence-electron chi connectivity index (χ0n) is 12.5. The first-order valence-electron chi connectivity index (χ1n) is 7.92. The van der Waals surface area contributed by atoms with E-state index in [1.165, 1.54) is 38.5 Å². The van der Waals surface area contributed by atoms with Crippen molar-refractivity contribution in [2.24, 2.45) is 0 Å². The van der Waals surface area contributed by atoms with Crippen LogP contribution in [0.3, 0.4) is 0 Å². The van der Waals surface area contributed by atoms with Crippen molar-refractivity contribution in [1.29, 1.82) is 0 Å². The summed E-state index contributed by atoms with van der Waals surface area (Å²) in [6.07, 6.45) is 9.17. The monoisotopic (exact) mass is 325 g/mol. The van der Waals surface area contributed by atoms with Crippen molar-refractivity contribution < 1.29 is 4.79 Å². The highest BCUT2D eigenvalue weighted by Crippen LogP contribution is 2.31. The summed E-state index contributed by atoms with van der Waals surface area (Å²) in [5.41, 5.74) is 2.12. The molecule has 1 aromatic rings. The van der Waals surface area contributed by atoms with Gasteiger partial charge in [-0.2, -0.15) is 12.6 Å². The molecule has 0 aliphatic carbocycles. The van der Waals surface area contributed by atoms with Gasteiger partial charge in [0.25, 0.3) is 0 Å². The van der Waals surface area contributed by atoms with E-state index in [0.717, 1.165) is 30.0 Å². The maximum atomic E-state index is 12.1. The Morgan fingerprint density at radius 2 is 1.71 bits per heavy atom. The molecule has 0 unspecified atom stereocenters. The topological polar surface area (TPSA) is 20.3 Å². The minimum absolute atomic E-state index is 0.209. The van der Waals surface area contributed by atoms with Gasteiger partial charge in [0.1, 0.15) is 0 Å². The summed E-state index contributed by atoms with van der Waals surface area (Å²) in [6, 6.07) is 5.75. The van der Waals surface area contributed by atoms with Gasteiger partial charge in [-0.05, 0) is 36.3 Å². The molecule has 2 rings (SSSR count). The lowest BCUT2D eigenvalue weighted by Crippen LogP contribution is -2.27. The molecule has 116 valence electrons. The maximum absolute atomic E-state index is 12.1. The third-order valence-corrected chi connectivity index (χ3v) is 4.57. The van der Waals surface area contributed by atoms with Crippen LogP contribution in [0.4, 0.5) is 5.69 Å². The molecule has 1 aliphatic rings. The van der Waals surface area contributed by atoms with Crippen LogP contribution < -0.4 is 4.90 Å². The number of carbonyl (C=O) groups excluding carboxylic acids is 1. The first-order valence-corrected chi connectivity index (χ1v) is 8.93. The zero-order chi connectivity index (χ0) is 15.1. The minimum Gasteiger partial charge on any atom is -0.312 e. The number of anilines is 1. The largest absolute Gasteiger partial charge is 0.312 e. The summed E-state index contributed by atoms with van der Waals surface area (Å²) in [4.78, 5) is 14.0. The molecule has 0 N–H and O–H groups in total. The van der Waals surface area contributed by atoms with Crippen molar-refractivity contribution in [3.05, 3.63) is 28.8 Å². The number of halogens is 1. The second-order valence-electron chi connectivity index (χ2n) is 5.69. The van der Waals surface area contributed by atoms with Gasteiger partial charge in [0.15, 0.2) is 0 Å². The number of thiol groups is 1. The molecule has 2 nitrogen and oxygen atoms in total. The number of benzene rings is 1. The van der Waals surface area contributed by atoms with Crippen LogP contribution in [-0.4, -0.2) is 18.2 Å². The van der Waals surface area contributed by atoms with Gasteiger partial charge in [0, 0.05) is 17.3 Å². The van der Waals surface area contributed by atoms with Gasteiger partial charge in [0.2, 0.25) is 5.91 Å². The normalized spacial score (nSPS) is 13.8. The van der Waals surface area contributed by atoms with Gasteiger partial charge in [-0.1, -0.05) is 49.8 Å². The van der Waals surface area contributed by atoms with Crippen molar-refractivity contribution >= 4 is 35.8 Å². The Morgan fingerprint density at radius 1 is 1.05 bits per heavy atom. The van der Waals surface area contributed by atoms with E-state index in [1.807, 2.05) is 23.1 Å². The molecule has 1 heterocycles. The van der Waals surface area contributed by atoms with Crippen molar-refractivity contribution in [1.82, 2.24) is 0 Å². The Kier molecular flexibility index (Phi) is 6.91. The van der Waals surface area contributed by atoms with Crippen LogP contribution in [0.25, 0.3) is 0 Å². The Morgan fingerprint density at radius 3 is 2.43 bits per heavy atom. The SMILES string of the molecule is O=C1Cc2ccc(Cl)cc2N1CCCCCCCCCS. The highest BCUT2D eigenvalue weighted by molar-refractivity contribution is 7.80. The van der Waals surface area contributed by atoms with Crippen LogP contribution in [0.15, 0.2) is 18.2 Å². The number of carbonyl (C=O) groups is 1. The summed E-state index contributed by atoms with van der Waals surface area (Å²) in [7, 11) is 0. The number of nitrogens with zero attached hydrogens (tertiary/aromatic N) is 1. The second kappa shape index (κ2) is 8.70. The zero-order valence-corrected chi connectivity index (χ0v) is 14.1. The number of fused-ring (bicyclic) bond motifs is 1. The Labute approximate surface area is 138 Å². The van der Waals surface area contributed by atoms with Gasteiger partial charge in [-0.15, -0.1) is 0 Å². The summed E-state index contributed by atoms with van der Waals surface area (Å²) in [5.74, 6) is 1.21. The van der Waals surface area contributed by atoms with Crippen LogP contribution >= 0.6 is 24.2 Å². The van der Waals surface area contributed by atoms with Crippen molar-refractivity contribution in [3.8, 4) is 0 Å². The summed E-state index contributed by atoms with van der Waals surface area (Å²) >= 11 is 10.3. The first kappa shape index (κ1) is 16.7. The quantitative estimate of drug-likeness (QED) is 0.506. The minimum atomic E-state index is 0.209. The summed E-state index contributed by atoms with van der Waals surface area (Å²) < 4.78 is 0. The van der Waals surface area contributed by atoms with Crippen LogP contribution in [0, 0.1) is 0 Å². The predicted octanol–water partition coefficient (Wildman–Crippen LogP) is 4.89. The molecule has 0 spiro atoms. The fourth-order valence-electron chi connectivity index (χ4n) is 2.84. The third-order valence-electron chi connectivity index (χ3n) is 4.02. The summed E-state index contributed by atoms with van der Waals surface area (Å²) in [6.45, 7) is 0.822. The molecule has 1 amide bonds. The number of unbranched alkanes of at least 4 members (excludes halogenated alkanes) is 6. The van der Waals surface area contributed by atoms with Crippen LogP contribution in [-0.2, 0) is 11.2 Å². The van der Waals surface area contributed by atoms with E-state index in [9.17, 15) is 4.79 Å². The van der Waals surface area contributed by atoms with E-state index in [1.54, 1.807) is 0 Å². The lowest BCUT2D eigenvalue weighted by molar-refractivity contribution is -0.117. The summed E-state index contributed by atoms with van der Waals surface area (Å²) in [5, 5.41) is 0.706. The van der Waals surface area contributed by atoms with E-state index in [0.29, 0.717) is 11.4 Å². The molecular weight excluding hydrogens is 302 g/mol. The molecule has 0 aromatic heterocycles. The number of hydrogen-bond acceptors (Lipinski definition) is 2. The van der Waals surface area contributed by atoms with Crippen molar-refractivity contribution in [2.45, 2.75) is 51.4 Å². The molecule has 1 aliphatic heterocycles. The molecule has 0 saturated heterocycles. The second-order valence-corrected chi connectivity index (χ2v) is 6.58. The average Bonchev–Trinajstić information content (AvgIpc) is 2.77. The van der Waals surface area contributed by atoms with Gasteiger partial charge < -0.3 is 4.90 Å². The number of rotatable bonds is 9. The molecule has 1 aromatic carbocycles. The van der Waals surface area contributed by atoms with Crippen LogP contribution in [0.1, 0.15) is 50.5 Å². The molecule has 0 fully saturated rings. The molecule has 0 atom stereocenters. The standard InChI is InChI=1S/C17H24ClNOS/c18-15-9-8-14-12-17(20)19(16(14)13-15)10-6-4-2-1-3-5-7-11-21/h8-9,13,21H,1-7,10-12H2. The lowest BCUT2D eigenvalue weighted by Gasteiger charge is -2.17. The van der Waals surface area contributed by atoms with Crippen LogP contribution in [0.5, 0.6) is 0 Å². The smallest absolute Gasteiger partial charge is 0.231 e. The third kappa shape index (κ3) is 4.93. The fourth-order valence-corrected chi connectivity index (χ4v) is 3.23. The van der Waals surface area contributed by atoms with Gasteiger partial charge in [0.05, 0.1) is 6.42 Å². The number of amides is 1. The van der Waals surface area contributed by atoms with Crippen molar-refractivity contribution in [2.75, 3.05) is 17.2 Å². The van der Waals surface area contributed by atoms with Gasteiger partial charge in [-0.3, -0.25) is 4.79 Å². The molecule has 4 heteroatoms. The maximum Gasteiger partial charge on any atom is 0.231 e. The van der Waals surface area contributed by atoms with E-state index < -0.39 is 0 Å². The Hall–Kier alpha value is -0.670. The van der Waals surface area contributed by atoms with E-state index in [-0.39, 0.29) is 5.91 Å². The van der Waals surface area contributed by atoms with E-state index in [2.05, 4.69) is 12.6 Å². The lowest BCUT2D eigenvalue weighted by atomic mass is 10.1. The van der Waals surface area contributed by atoms with Crippen molar-refractivity contribution in [3.63, 3.8) is 0 Å². The average molecular weight is 326 g/mol. The fraction of sp³-hybridized carbons (Fsp3) is 0.588. The van der Waals surface area contributed by atoms with E-state index >= 15 is 0 Å². The predicted molar refractivity (Wildman–Crippen MR) is 93.7 cm³/mol. The van der Waals surface area contributed by atoms with Crippen LogP contribution in [0.2, 0.25) is 5.02 Å². The first-order chi connectivity index (χ1) is 10.2. The van der Waals surface area contributed by atoms with E-state index in [4.69, 9.17) is 11.6 Å². The number of hydrogen-bond donors (Lipinski definition) is 1. The molecule has 0 radical (unpaired) electrons. The Bertz CT molecular complexity index is 478. The molecule has 0 saturated carbocycles. The van der Waals surface area contributed by atoms with Gasteiger partial charge >= 0.3 is 0 Å². The Balaban J connectivity index is 1.70. The highest BCUT2D eigenvalue weighted by atomic mass is 35.5. The molecular formula is C17H24ClNOS. The molecule has 0 bridgehead atoms. The van der Waals surface area contributed by atoms with Gasteiger partial charge in [-0.25, -0.2) is 0 Å².